The van der Waals surface area contributed by atoms with Crippen LogP contribution in [0.25, 0.3) is 0 Å². The molecule has 5 heteroatoms. The lowest BCUT2D eigenvalue weighted by Gasteiger charge is -2.35. The van der Waals surface area contributed by atoms with E-state index in [1.54, 1.807) is 12.4 Å². The fraction of sp³-hybridized carbons (Fsp3) is 0.450. The van der Waals surface area contributed by atoms with Gasteiger partial charge < -0.3 is 10.2 Å². The molecular formula is C20H26N4O. The van der Waals surface area contributed by atoms with Gasteiger partial charge in [-0.25, -0.2) is 9.97 Å². The molecule has 1 amide bonds. The number of rotatable bonds is 4. The van der Waals surface area contributed by atoms with E-state index in [-0.39, 0.29) is 5.91 Å². The lowest BCUT2D eigenvalue weighted by Crippen LogP contribution is -2.40. The maximum Gasteiger partial charge on any atom is 0.258 e. The smallest absolute Gasteiger partial charge is 0.258 e. The van der Waals surface area contributed by atoms with E-state index in [1.165, 1.54) is 19.3 Å². The number of anilines is 2. The van der Waals surface area contributed by atoms with Gasteiger partial charge in [0.25, 0.3) is 5.91 Å². The third-order valence-corrected chi connectivity index (χ3v) is 5.11. The van der Waals surface area contributed by atoms with Crippen molar-refractivity contribution in [1.29, 1.82) is 0 Å². The van der Waals surface area contributed by atoms with Crippen LogP contribution in [0.2, 0.25) is 0 Å². The molecule has 1 N–H and O–H groups in total. The van der Waals surface area contributed by atoms with Crippen LogP contribution in [0, 0.1) is 13.8 Å². The normalized spacial score (nSPS) is 17.4. The maximum atomic E-state index is 12.5. The third kappa shape index (κ3) is 3.81. The van der Waals surface area contributed by atoms with E-state index in [2.05, 4.69) is 27.1 Å². The Morgan fingerprint density at radius 3 is 2.72 bits per heavy atom. The summed E-state index contributed by atoms with van der Waals surface area (Å²) in [5.41, 5.74) is 3.54. The molecule has 1 unspecified atom stereocenters. The zero-order chi connectivity index (χ0) is 17.8. The van der Waals surface area contributed by atoms with Crippen molar-refractivity contribution in [2.75, 3.05) is 16.8 Å². The topological polar surface area (TPSA) is 58.1 Å². The first-order valence-corrected chi connectivity index (χ1v) is 9.06. The van der Waals surface area contributed by atoms with Gasteiger partial charge in [-0.05, 0) is 56.7 Å². The van der Waals surface area contributed by atoms with Gasteiger partial charge in [0.15, 0.2) is 0 Å². The maximum absolute atomic E-state index is 12.5. The van der Waals surface area contributed by atoms with Gasteiger partial charge >= 0.3 is 0 Å². The zero-order valence-corrected chi connectivity index (χ0v) is 15.2. The second-order valence-corrected chi connectivity index (χ2v) is 6.72. The number of aromatic nitrogens is 2. The number of hydrogen-bond acceptors (Lipinski definition) is 4. The molecule has 1 atom stereocenters. The monoisotopic (exact) mass is 338 g/mol. The highest BCUT2D eigenvalue weighted by molar-refractivity contribution is 6.04. The number of hydrogen-bond donors (Lipinski definition) is 1. The summed E-state index contributed by atoms with van der Waals surface area (Å²) in [7, 11) is 0. The summed E-state index contributed by atoms with van der Waals surface area (Å²) in [5.74, 6) is 0.556. The van der Waals surface area contributed by atoms with E-state index in [4.69, 9.17) is 0 Å². The van der Waals surface area contributed by atoms with Crippen LogP contribution >= 0.6 is 0 Å². The van der Waals surface area contributed by atoms with Crippen LogP contribution in [0.4, 0.5) is 11.6 Å². The van der Waals surface area contributed by atoms with Gasteiger partial charge in [-0.3, -0.25) is 4.79 Å². The summed E-state index contributed by atoms with van der Waals surface area (Å²) < 4.78 is 0. The molecule has 2 aromatic rings. The zero-order valence-electron chi connectivity index (χ0n) is 15.2. The quantitative estimate of drug-likeness (QED) is 0.911. The third-order valence-electron chi connectivity index (χ3n) is 5.11. The van der Waals surface area contributed by atoms with Crippen molar-refractivity contribution in [3.8, 4) is 0 Å². The lowest BCUT2D eigenvalue weighted by molar-refractivity contribution is 0.102. The molecule has 0 radical (unpaired) electrons. The Bertz CT molecular complexity index is 742. The Morgan fingerprint density at radius 2 is 2.00 bits per heavy atom. The van der Waals surface area contributed by atoms with Crippen LogP contribution in [0.1, 0.15) is 54.1 Å². The Hall–Kier alpha value is -2.43. The first kappa shape index (κ1) is 17.4. The molecule has 1 aliphatic heterocycles. The standard InChI is InChI=1S/C20H26N4O/c1-4-17-9-5-6-11-24(17)20-21-12-16(13-22-20)19(25)23-18-10-7-8-14(2)15(18)3/h7-8,10,12-13,17H,4-6,9,11H2,1-3H3,(H,23,25). The van der Waals surface area contributed by atoms with Crippen molar-refractivity contribution in [2.24, 2.45) is 0 Å². The van der Waals surface area contributed by atoms with Crippen molar-refractivity contribution in [3.63, 3.8) is 0 Å². The molecule has 1 fully saturated rings. The SMILES string of the molecule is CCC1CCCCN1c1ncc(C(=O)Nc2cccc(C)c2C)cn1. The highest BCUT2D eigenvalue weighted by Crippen LogP contribution is 2.24. The number of nitrogens with one attached hydrogen (secondary N) is 1. The summed E-state index contributed by atoms with van der Waals surface area (Å²) in [6.45, 7) is 7.24. The van der Waals surface area contributed by atoms with Crippen LogP contribution in [-0.2, 0) is 0 Å². The van der Waals surface area contributed by atoms with Crippen LogP contribution in [0.5, 0.6) is 0 Å². The minimum Gasteiger partial charge on any atom is -0.338 e. The molecule has 0 bridgehead atoms. The van der Waals surface area contributed by atoms with E-state index in [0.29, 0.717) is 11.6 Å². The van der Waals surface area contributed by atoms with E-state index in [1.807, 2.05) is 32.0 Å². The minimum atomic E-state index is -0.175. The summed E-state index contributed by atoms with van der Waals surface area (Å²) in [4.78, 5) is 23.7. The lowest BCUT2D eigenvalue weighted by atomic mass is 10.0. The average molecular weight is 338 g/mol. The number of nitrogens with zero attached hydrogens (tertiary/aromatic N) is 3. The number of benzene rings is 1. The minimum absolute atomic E-state index is 0.175. The predicted molar refractivity (Wildman–Crippen MR) is 101 cm³/mol. The van der Waals surface area contributed by atoms with Gasteiger partial charge in [-0.2, -0.15) is 0 Å². The van der Waals surface area contributed by atoms with E-state index in [9.17, 15) is 4.79 Å². The number of carbonyl (C=O) groups is 1. The summed E-state index contributed by atoms with van der Waals surface area (Å²) in [6.07, 6.45) is 7.99. The van der Waals surface area contributed by atoms with Crippen LogP contribution < -0.4 is 10.2 Å². The second-order valence-electron chi connectivity index (χ2n) is 6.72. The molecule has 0 aliphatic carbocycles. The first-order chi connectivity index (χ1) is 12.1. The highest BCUT2D eigenvalue weighted by Gasteiger charge is 2.23. The summed E-state index contributed by atoms with van der Waals surface area (Å²) in [5, 5.41) is 2.95. The molecule has 1 aliphatic rings. The molecular weight excluding hydrogens is 312 g/mol. The van der Waals surface area contributed by atoms with Crippen LogP contribution in [0.15, 0.2) is 30.6 Å². The van der Waals surface area contributed by atoms with E-state index in [0.717, 1.165) is 35.7 Å². The van der Waals surface area contributed by atoms with Crippen LogP contribution in [0.3, 0.4) is 0 Å². The molecule has 5 nitrogen and oxygen atoms in total. The van der Waals surface area contributed by atoms with Gasteiger partial charge in [0.05, 0.1) is 5.56 Å². The Kier molecular flexibility index (Phi) is 5.31. The van der Waals surface area contributed by atoms with Gasteiger partial charge in [0.1, 0.15) is 0 Å². The summed E-state index contributed by atoms with van der Waals surface area (Å²) >= 11 is 0. The molecule has 1 saturated heterocycles. The molecule has 0 saturated carbocycles. The van der Waals surface area contributed by atoms with Crippen molar-refractivity contribution >= 4 is 17.5 Å². The van der Waals surface area contributed by atoms with Crippen molar-refractivity contribution < 1.29 is 4.79 Å². The molecule has 3 rings (SSSR count). The van der Waals surface area contributed by atoms with Gasteiger partial charge in [0.2, 0.25) is 5.95 Å². The summed E-state index contributed by atoms with van der Waals surface area (Å²) in [6, 6.07) is 6.39. The number of piperidine rings is 1. The molecule has 132 valence electrons. The van der Waals surface area contributed by atoms with E-state index < -0.39 is 0 Å². The van der Waals surface area contributed by atoms with Crippen molar-refractivity contribution in [3.05, 3.63) is 47.3 Å². The van der Waals surface area contributed by atoms with Crippen LogP contribution in [-0.4, -0.2) is 28.5 Å². The Labute approximate surface area is 149 Å². The second kappa shape index (κ2) is 7.64. The fourth-order valence-corrected chi connectivity index (χ4v) is 3.36. The van der Waals surface area contributed by atoms with Crippen molar-refractivity contribution in [1.82, 2.24) is 9.97 Å². The average Bonchev–Trinajstić information content (AvgIpc) is 2.65. The largest absolute Gasteiger partial charge is 0.338 e. The molecule has 2 heterocycles. The Balaban J connectivity index is 1.73. The van der Waals surface area contributed by atoms with Gasteiger partial charge in [-0.1, -0.05) is 19.1 Å². The highest BCUT2D eigenvalue weighted by atomic mass is 16.1. The number of amides is 1. The number of aryl methyl sites for hydroxylation is 1. The Morgan fingerprint density at radius 1 is 1.24 bits per heavy atom. The van der Waals surface area contributed by atoms with Crippen molar-refractivity contribution in [2.45, 2.75) is 52.5 Å². The predicted octanol–water partition coefficient (Wildman–Crippen LogP) is 4.11. The van der Waals surface area contributed by atoms with E-state index >= 15 is 0 Å². The van der Waals surface area contributed by atoms with Gasteiger partial charge in [-0.15, -0.1) is 0 Å². The molecule has 25 heavy (non-hydrogen) atoms. The molecule has 1 aromatic heterocycles. The van der Waals surface area contributed by atoms with Gasteiger partial charge in [0, 0.05) is 30.7 Å². The fourth-order valence-electron chi connectivity index (χ4n) is 3.36. The number of carbonyl (C=O) groups excluding carboxylic acids is 1. The molecule has 1 aromatic carbocycles. The first-order valence-electron chi connectivity index (χ1n) is 9.06. The molecule has 0 spiro atoms.